The van der Waals surface area contributed by atoms with Crippen LogP contribution in [0.1, 0.15) is 67.7 Å². The maximum atomic E-state index is 13.7. The number of rotatable bonds is 8. The molecule has 3 rings (SSSR count). The van der Waals surface area contributed by atoms with Crippen molar-refractivity contribution in [1.82, 2.24) is 4.90 Å². The highest BCUT2D eigenvalue weighted by atomic mass is 32.2. The number of benzene rings is 2. The zero-order valence-corrected chi connectivity index (χ0v) is 19.5. The van der Waals surface area contributed by atoms with E-state index in [0.717, 1.165) is 17.5 Å². The topological polar surface area (TPSA) is 40.5 Å². The van der Waals surface area contributed by atoms with Gasteiger partial charge in [0.15, 0.2) is 0 Å². The number of hydrogen-bond acceptors (Lipinski definition) is 3. The van der Waals surface area contributed by atoms with E-state index in [0.29, 0.717) is 5.92 Å². The number of aryl methyl sites for hydroxylation is 1. The number of amides is 1. The molecule has 3 atom stereocenters. The summed E-state index contributed by atoms with van der Waals surface area (Å²) < 4.78 is 0. The summed E-state index contributed by atoms with van der Waals surface area (Å²) in [6.07, 6.45) is 7.27. The number of carbonyl (C=O) groups excluding carboxylic acids is 1. The molecular formula is C26H35NO2S. The predicted octanol–water partition coefficient (Wildman–Crippen LogP) is 5.96. The number of likely N-dealkylation sites (N-methyl/N-ethyl adjacent to an activating group) is 1. The Balaban J connectivity index is 1.84. The van der Waals surface area contributed by atoms with Crippen LogP contribution in [0.3, 0.4) is 0 Å². The Bertz CT molecular complexity index is 832. The Morgan fingerprint density at radius 1 is 1.13 bits per heavy atom. The van der Waals surface area contributed by atoms with Crippen molar-refractivity contribution in [3.63, 3.8) is 0 Å². The van der Waals surface area contributed by atoms with E-state index >= 15 is 0 Å². The first-order chi connectivity index (χ1) is 14.4. The molecule has 2 aromatic rings. The first-order valence-electron chi connectivity index (χ1n) is 11.1. The molecule has 1 fully saturated rings. The second kappa shape index (κ2) is 10.5. The predicted molar refractivity (Wildman–Crippen MR) is 126 cm³/mol. The van der Waals surface area contributed by atoms with Gasteiger partial charge in [-0.15, -0.1) is 11.8 Å². The van der Waals surface area contributed by atoms with Crippen LogP contribution in [0.2, 0.25) is 0 Å². The summed E-state index contributed by atoms with van der Waals surface area (Å²) in [7, 11) is 1.84. The fourth-order valence-electron chi connectivity index (χ4n) is 4.66. The Hall–Kier alpha value is -1.78. The molecule has 0 saturated heterocycles. The van der Waals surface area contributed by atoms with Gasteiger partial charge in [0.2, 0.25) is 5.91 Å². The molecule has 0 spiro atoms. The lowest BCUT2D eigenvalue weighted by Gasteiger charge is -2.33. The van der Waals surface area contributed by atoms with Crippen molar-refractivity contribution in [1.29, 1.82) is 0 Å². The van der Waals surface area contributed by atoms with Gasteiger partial charge in [0.1, 0.15) is 0 Å². The third-order valence-corrected chi connectivity index (χ3v) is 7.62. The fraction of sp³-hybridized carbons (Fsp3) is 0.500. The Kier molecular flexibility index (Phi) is 8.01. The molecule has 0 aliphatic heterocycles. The third kappa shape index (κ3) is 5.28. The summed E-state index contributed by atoms with van der Waals surface area (Å²) in [6.45, 7) is 4.06. The minimum Gasteiger partial charge on any atom is -0.386 e. The number of aliphatic hydroxyl groups excluding tert-OH is 1. The average molecular weight is 426 g/mol. The number of hydrogen-bond donors (Lipinski definition) is 1. The fourth-order valence-corrected chi connectivity index (χ4v) is 5.25. The quantitative estimate of drug-likeness (QED) is 0.530. The van der Waals surface area contributed by atoms with E-state index in [9.17, 15) is 9.90 Å². The molecule has 3 unspecified atom stereocenters. The van der Waals surface area contributed by atoms with E-state index < -0.39 is 6.10 Å². The number of carbonyl (C=O) groups is 1. The highest BCUT2D eigenvalue weighted by Gasteiger charge is 2.32. The van der Waals surface area contributed by atoms with Crippen LogP contribution >= 0.6 is 11.8 Å². The molecular weight excluding hydrogens is 390 g/mol. The van der Waals surface area contributed by atoms with Gasteiger partial charge in [0, 0.05) is 11.9 Å². The summed E-state index contributed by atoms with van der Waals surface area (Å²) in [5.41, 5.74) is 3.18. The third-order valence-electron chi connectivity index (χ3n) is 6.72. The highest BCUT2D eigenvalue weighted by Crippen LogP contribution is 2.37. The molecule has 1 N–H and O–H groups in total. The smallest absolute Gasteiger partial charge is 0.230 e. The number of nitrogens with zero attached hydrogens (tertiary/aromatic N) is 1. The summed E-state index contributed by atoms with van der Waals surface area (Å²) in [5.74, 6) is 0.570. The largest absolute Gasteiger partial charge is 0.386 e. The van der Waals surface area contributed by atoms with Gasteiger partial charge in [-0.05, 0) is 55.2 Å². The van der Waals surface area contributed by atoms with Gasteiger partial charge in [-0.3, -0.25) is 4.79 Å². The molecule has 162 valence electrons. The summed E-state index contributed by atoms with van der Waals surface area (Å²) in [5, 5.41) is 10.9. The lowest BCUT2D eigenvalue weighted by molar-refractivity contribution is -0.136. The molecule has 4 heteroatoms. The van der Waals surface area contributed by atoms with Gasteiger partial charge < -0.3 is 10.0 Å². The normalized spacial score (nSPS) is 17.5. The first kappa shape index (κ1) is 22.9. The molecule has 1 saturated carbocycles. The van der Waals surface area contributed by atoms with E-state index in [1.54, 1.807) is 16.7 Å². The van der Waals surface area contributed by atoms with Gasteiger partial charge >= 0.3 is 0 Å². The van der Waals surface area contributed by atoms with E-state index in [-0.39, 0.29) is 17.9 Å². The van der Waals surface area contributed by atoms with Gasteiger partial charge in [0.25, 0.3) is 0 Å². The van der Waals surface area contributed by atoms with E-state index in [1.165, 1.54) is 36.1 Å². The minimum atomic E-state index is -0.701. The Morgan fingerprint density at radius 2 is 1.80 bits per heavy atom. The Morgan fingerprint density at radius 3 is 2.40 bits per heavy atom. The van der Waals surface area contributed by atoms with Crippen molar-refractivity contribution < 1.29 is 9.90 Å². The Labute approximate surface area is 185 Å². The SMILES string of the molecule is CSc1ccc(C(CC2CCCC2)C(=O)N(C)C(C)C(O)c2ccccc2)cc1C. The molecule has 3 nitrogen and oxygen atoms in total. The zero-order chi connectivity index (χ0) is 21.7. The molecule has 0 aromatic heterocycles. The van der Waals surface area contributed by atoms with E-state index in [2.05, 4.69) is 31.4 Å². The molecule has 1 aliphatic carbocycles. The zero-order valence-electron chi connectivity index (χ0n) is 18.7. The first-order valence-corrected chi connectivity index (χ1v) is 12.3. The summed E-state index contributed by atoms with van der Waals surface area (Å²) >= 11 is 1.74. The van der Waals surface area contributed by atoms with Crippen molar-refractivity contribution in [3.8, 4) is 0 Å². The van der Waals surface area contributed by atoms with E-state index in [1.807, 2.05) is 44.3 Å². The second-order valence-electron chi connectivity index (χ2n) is 8.71. The van der Waals surface area contributed by atoms with Crippen molar-refractivity contribution in [2.75, 3.05) is 13.3 Å². The van der Waals surface area contributed by atoms with Gasteiger partial charge in [0.05, 0.1) is 18.1 Å². The van der Waals surface area contributed by atoms with Crippen LogP contribution < -0.4 is 0 Å². The van der Waals surface area contributed by atoms with Gasteiger partial charge in [-0.1, -0.05) is 68.1 Å². The van der Waals surface area contributed by atoms with Crippen LogP contribution in [0.15, 0.2) is 53.4 Å². The maximum Gasteiger partial charge on any atom is 0.230 e. The maximum absolute atomic E-state index is 13.7. The van der Waals surface area contributed by atoms with Crippen molar-refractivity contribution >= 4 is 17.7 Å². The van der Waals surface area contributed by atoms with Crippen LogP contribution in [0.25, 0.3) is 0 Å². The summed E-state index contributed by atoms with van der Waals surface area (Å²) in [4.78, 5) is 16.7. The average Bonchev–Trinajstić information content (AvgIpc) is 3.29. The minimum absolute atomic E-state index is 0.112. The lowest BCUT2D eigenvalue weighted by atomic mass is 9.86. The van der Waals surface area contributed by atoms with E-state index in [4.69, 9.17) is 0 Å². The second-order valence-corrected chi connectivity index (χ2v) is 9.56. The van der Waals surface area contributed by atoms with Crippen LogP contribution in [0.5, 0.6) is 0 Å². The van der Waals surface area contributed by atoms with Gasteiger partial charge in [-0.25, -0.2) is 0 Å². The van der Waals surface area contributed by atoms with Crippen LogP contribution in [0.4, 0.5) is 0 Å². The van der Waals surface area contributed by atoms with Crippen molar-refractivity contribution in [3.05, 3.63) is 65.2 Å². The van der Waals surface area contributed by atoms with Crippen LogP contribution in [0, 0.1) is 12.8 Å². The van der Waals surface area contributed by atoms with Crippen LogP contribution in [-0.4, -0.2) is 35.3 Å². The van der Waals surface area contributed by atoms with Crippen molar-refractivity contribution in [2.24, 2.45) is 5.92 Å². The molecule has 0 bridgehead atoms. The highest BCUT2D eigenvalue weighted by molar-refractivity contribution is 7.98. The standard InChI is InChI=1S/C26H35NO2S/c1-18-16-22(14-15-24(18)30-4)23(17-20-10-8-9-11-20)26(29)27(3)19(2)25(28)21-12-6-5-7-13-21/h5-7,12-16,19-20,23,25,28H,8-11,17H2,1-4H3. The molecule has 0 radical (unpaired) electrons. The number of aliphatic hydroxyl groups is 1. The lowest BCUT2D eigenvalue weighted by Crippen LogP contribution is -2.42. The van der Waals surface area contributed by atoms with Gasteiger partial charge in [-0.2, -0.15) is 0 Å². The molecule has 30 heavy (non-hydrogen) atoms. The number of thioether (sulfide) groups is 1. The molecule has 1 amide bonds. The van der Waals surface area contributed by atoms with Crippen LogP contribution in [-0.2, 0) is 4.79 Å². The molecule has 2 aromatic carbocycles. The monoisotopic (exact) mass is 425 g/mol. The molecule has 0 heterocycles. The summed E-state index contributed by atoms with van der Waals surface area (Å²) in [6, 6.07) is 15.8. The van der Waals surface area contributed by atoms with Crippen molar-refractivity contribution in [2.45, 2.75) is 68.9 Å². The molecule has 1 aliphatic rings.